The Bertz CT molecular complexity index is 9.51. The predicted octanol–water partition coefficient (Wildman–Crippen LogP) is 1.17. The minimum Gasteiger partial charge on any atom is -0.305 e. The van der Waals surface area contributed by atoms with Crippen molar-refractivity contribution in [1.29, 1.82) is 0 Å². The Kier molecular flexibility index (Phi) is 57.4. The van der Waals surface area contributed by atoms with Crippen LogP contribution in [0.5, 0.6) is 0 Å². The van der Waals surface area contributed by atoms with Crippen LogP contribution in [0.1, 0.15) is 21.8 Å². The van der Waals surface area contributed by atoms with Crippen molar-refractivity contribution in [1.82, 2.24) is 0 Å². The number of rotatable bonds is 1. The average molecular weight is 93.2 g/mol. The zero-order valence-corrected chi connectivity index (χ0v) is 2.69. The fourth-order valence-corrected chi connectivity index (χ4v) is 0. The van der Waals surface area contributed by atoms with Crippen LogP contribution in [0.4, 0.5) is 0 Å². The summed E-state index contributed by atoms with van der Waals surface area (Å²) >= 11 is 0. The van der Waals surface area contributed by atoms with Crippen LogP contribution in [0.25, 0.3) is 0 Å². The molecule has 0 heterocycles. The molecule has 0 saturated heterocycles. The van der Waals surface area contributed by atoms with Crippen LogP contribution >= 0.6 is 0 Å². The molecule has 42 valence electrons. The predicted molar refractivity (Wildman–Crippen MR) is 29.3 cm³/mol. The van der Waals surface area contributed by atoms with Crippen molar-refractivity contribution in [2.45, 2.75) is 21.8 Å². The first-order valence-corrected chi connectivity index (χ1v) is 1.23. The van der Waals surface area contributed by atoms with E-state index in [9.17, 15) is 0 Å². The van der Waals surface area contributed by atoms with Crippen molar-refractivity contribution in [3.63, 3.8) is 0 Å². The van der Waals surface area contributed by atoms with Gasteiger partial charge in [0.25, 0.3) is 0 Å². The molecule has 6 heavy (non-hydrogen) atoms. The van der Waals surface area contributed by atoms with Gasteiger partial charge in [-0.05, 0) is 6.92 Å². The van der Waals surface area contributed by atoms with Crippen molar-refractivity contribution in [2.75, 3.05) is 6.61 Å². The summed E-state index contributed by atoms with van der Waals surface area (Å²) in [5, 5.41) is 0. The molecule has 0 aromatic carbocycles. The van der Waals surface area contributed by atoms with Crippen LogP contribution < -0.4 is 5.90 Å². The van der Waals surface area contributed by atoms with Crippen LogP contribution in [-0.4, -0.2) is 6.61 Å². The molecular formula is C4H15NO. The molecule has 0 spiro atoms. The minimum absolute atomic E-state index is 0. The maximum atomic E-state index is 4.53. The zero-order chi connectivity index (χ0) is 3.41. The molecular weight excluding hydrogens is 78.0 g/mol. The molecule has 0 saturated carbocycles. The first-order chi connectivity index (χ1) is 1.91. The lowest BCUT2D eigenvalue weighted by Gasteiger charge is -1.76. The van der Waals surface area contributed by atoms with E-state index in [1.807, 2.05) is 6.92 Å². The van der Waals surface area contributed by atoms with Crippen LogP contribution in [0.2, 0.25) is 0 Å². The smallest absolute Gasteiger partial charge is 0.0651 e. The fraction of sp³-hybridized carbons (Fsp3) is 1.00. The van der Waals surface area contributed by atoms with E-state index in [1.165, 1.54) is 0 Å². The third-order valence-corrected chi connectivity index (χ3v) is 0.167. The van der Waals surface area contributed by atoms with Crippen LogP contribution in [0.15, 0.2) is 0 Å². The summed E-state index contributed by atoms with van der Waals surface area (Å²) in [6.45, 7) is 2.43. The van der Waals surface area contributed by atoms with E-state index in [0.717, 1.165) is 0 Å². The highest BCUT2D eigenvalue weighted by atomic mass is 16.6. The normalized spacial score (nSPS) is 5.00. The van der Waals surface area contributed by atoms with E-state index in [4.69, 9.17) is 0 Å². The zero-order valence-electron chi connectivity index (χ0n) is 2.69. The first kappa shape index (κ1) is 16.8. The standard InChI is InChI=1S/C2H7NO.2CH4/c1-2-4-3;;/h2-3H2,1H3;2*1H4. The molecule has 0 rings (SSSR count). The summed E-state index contributed by atoms with van der Waals surface area (Å²) < 4.78 is 0. The van der Waals surface area contributed by atoms with Gasteiger partial charge in [-0.1, -0.05) is 14.9 Å². The second-order valence-electron chi connectivity index (χ2n) is 0.455. The van der Waals surface area contributed by atoms with Gasteiger partial charge >= 0.3 is 0 Å². The van der Waals surface area contributed by atoms with Crippen molar-refractivity contribution < 1.29 is 4.84 Å². The molecule has 0 unspecified atom stereocenters. The maximum Gasteiger partial charge on any atom is 0.0651 e. The second-order valence-corrected chi connectivity index (χ2v) is 0.455. The number of hydrogen-bond acceptors (Lipinski definition) is 2. The summed E-state index contributed by atoms with van der Waals surface area (Å²) in [6.07, 6.45) is 0. The Labute approximate surface area is 40.3 Å². The molecule has 0 aromatic heterocycles. The lowest BCUT2D eigenvalue weighted by atomic mass is 10.9. The van der Waals surface area contributed by atoms with Gasteiger partial charge in [0, 0.05) is 0 Å². The van der Waals surface area contributed by atoms with Crippen molar-refractivity contribution in [2.24, 2.45) is 5.90 Å². The molecule has 2 N–H and O–H groups in total. The maximum absolute atomic E-state index is 4.53. The quantitative estimate of drug-likeness (QED) is 0.494. The van der Waals surface area contributed by atoms with E-state index in [0.29, 0.717) is 6.61 Å². The Morgan fingerprint density at radius 3 is 1.67 bits per heavy atom. The number of nitrogens with two attached hydrogens (primary N) is 1. The molecule has 0 fully saturated rings. The van der Waals surface area contributed by atoms with Crippen LogP contribution in [-0.2, 0) is 4.84 Å². The van der Waals surface area contributed by atoms with Gasteiger partial charge in [0.05, 0.1) is 6.61 Å². The summed E-state index contributed by atoms with van der Waals surface area (Å²) in [6, 6.07) is 0. The van der Waals surface area contributed by atoms with E-state index < -0.39 is 0 Å². The summed E-state index contributed by atoms with van der Waals surface area (Å²) in [5.41, 5.74) is 0. The average Bonchev–Trinajstić information content (AvgIpc) is 1.37. The molecule has 0 aliphatic heterocycles. The molecule has 0 radical (unpaired) electrons. The van der Waals surface area contributed by atoms with Crippen molar-refractivity contribution in [3.8, 4) is 0 Å². The SMILES string of the molecule is C.C.CCON. The van der Waals surface area contributed by atoms with Crippen LogP contribution in [0, 0.1) is 0 Å². The highest BCUT2D eigenvalue weighted by Gasteiger charge is 1.52. The molecule has 0 aromatic rings. The van der Waals surface area contributed by atoms with Gasteiger partial charge in [0.2, 0.25) is 0 Å². The summed E-state index contributed by atoms with van der Waals surface area (Å²) in [7, 11) is 0. The van der Waals surface area contributed by atoms with Gasteiger partial charge < -0.3 is 4.84 Å². The Morgan fingerprint density at radius 1 is 1.50 bits per heavy atom. The molecule has 0 bridgehead atoms. The molecule has 0 aliphatic carbocycles. The van der Waals surface area contributed by atoms with E-state index >= 15 is 0 Å². The molecule has 0 amide bonds. The fourth-order valence-electron chi connectivity index (χ4n) is 0. The summed E-state index contributed by atoms with van der Waals surface area (Å²) in [4.78, 5) is 4.04. The third-order valence-electron chi connectivity index (χ3n) is 0.167. The monoisotopic (exact) mass is 93.1 g/mol. The van der Waals surface area contributed by atoms with E-state index in [2.05, 4.69) is 10.7 Å². The number of hydrogen-bond donors (Lipinski definition) is 1. The van der Waals surface area contributed by atoms with Crippen LogP contribution in [0.3, 0.4) is 0 Å². The van der Waals surface area contributed by atoms with Gasteiger partial charge in [0.1, 0.15) is 0 Å². The van der Waals surface area contributed by atoms with Crippen molar-refractivity contribution in [3.05, 3.63) is 0 Å². The largest absolute Gasteiger partial charge is 0.305 e. The Balaban J connectivity index is -0.0000000450. The van der Waals surface area contributed by atoms with E-state index in [1.54, 1.807) is 0 Å². The first-order valence-electron chi connectivity index (χ1n) is 1.23. The van der Waals surface area contributed by atoms with E-state index in [-0.39, 0.29) is 14.9 Å². The molecule has 0 aliphatic rings. The highest BCUT2D eigenvalue weighted by molar-refractivity contribution is 3.91. The molecule has 2 nitrogen and oxygen atoms in total. The highest BCUT2D eigenvalue weighted by Crippen LogP contribution is 1.46. The third kappa shape index (κ3) is 39.5. The van der Waals surface area contributed by atoms with Gasteiger partial charge in [-0.3, -0.25) is 0 Å². The summed E-state index contributed by atoms with van der Waals surface area (Å²) in [5.74, 6) is 4.53. The Hall–Kier alpha value is -0.0800. The van der Waals surface area contributed by atoms with Gasteiger partial charge in [-0.15, -0.1) is 0 Å². The molecule has 2 heteroatoms. The van der Waals surface area contributed by atoms with Crippen molar-refractivity contribution >= 4 is 0 Å². The topological polar surface area (TPSA) is 35.2 Å². The Morgan fingerprint density at radius 2 is 1.67 bits per heavy atom. The lowest BCUT2D eigenvalue weighted by Crippen LogP contribution is -1.94. The second kappa shape index (κ2) is 20.5. The lowest BCUT2D eigenvalue weighted by molar-refractivity contribution is 0.152. The van der Waals surface area contributed by atoms with Gasteiger partial charge in [-0.2, -0.15) is 0 Å². The van der Waals surface area contributed by atoms with Gasteiger partial charge in [-0.25, -0.2) is 5.90 Å². The molecule has 0 atom stereocenters. The van der Waals surface area contributed by atoms with Gasteiger partial charge in [0.15, 0.2) is 0 Å². The minimum atomic E-state index is 0.